The van der Waals surface area contributed by atoms with Gasteiger partial charge >= 0.3 is 0 Å². The van der Waals surface area contributed by atoms with Crippen LogP contribution >= 0.6 is 0 Å². The molecule has 0 rings (SSSR count). The van der Waals surface area contributed by atoms with Gasteiger partial charge in [0.2, 0.25) is 0 Å². The van der Waals surface area contributed by atoms with E-state index in [1.54, 1.807) is 0 Å². The summed E-state index contributed by atoms with van der Waals surface area (Å²) in [5.41, 5.74) is 0. The van der Waals surface area contributed by atoms with Gasteiger partial charge in [-0.1, -0.05) is 13.8 Å². The van der Waals surface area contributed by atoms with Gasteiger partial charge in [0.05, 0.1) is 0 Å². The van der Waals surface area contributed by atoms with Crippen molar-refractivity contribution in [3.63, 3.8) is 0 Å². The molecule has 0 aromatic carbocycles. The van der Waals surface area contributed by atoms with E-state index in [9.17, 15) is 0 Å². The molecule has 0 heterocycles. The molecular formula is C6H13NO2. The van der Waals surface area contributed by atoms with Crippen LogP contribution in [0, 0.1) is 5.92 Å². The fourth-order valence-electron chi connectivity index (χ4n) is 0.133. The summed E-state index contributed by atoms with van der Waals surface area (Å²) in [6.07, 6.45) is 2.22. The van der Waals surface area contributed by atoms with E-state index in [2.05, 4.69) is 5.16 Å². The molecule has 1 N–H and O–H groups in total. The third-order valence-corrected chi connectivity index (χ3v) is 0.365. The molecule has 0 fully saturated rings. The molecule has 0 aliphatic carbocycles. The van der Waals surface area contributed by atoms with Crippen molar-refractivity contribution in [1.29, 1.82) is 0 Å². The van der Waals surface area contributed by atoms with Gasteiger partial charge < -0.3 is 10.0 Å². The maximum atomic E-state index is 8.81. The molecule has 0 aliphatic heterocycles. The summed E-state index contributed by atoms with van der Waals surface area (Å²) in [5, 5.41) is 10.6. The zero-order valence-electron chi connectivity index (χ0n) is 6.03. The zero-order valence-corrected chi connectivity index (χ0v) is 6.03. The molecule has 0 saturated carbocycles. The van der Waals surface area contributed by atoms with E-state index in [-0.39, 0.29) is 0 Å². The second-order valence-corrected chi connectivity index (χ2v) is 1.74. The van der Waals surface area contributed by atoms with Gasteiger partial charge in [-0.05, 0) is 12.8 Å². The molecule has 0 aromatic heterocycles. The second-order valence-electron chi connectivity index (χ2n) is 1.74. The van der Waals surface area contributed by atoms with Crippen molar-refractivity contribution in [3.8, 4) is 0 Å². The Labute approximate surface area is 55.4 Å². The highest BCUT2D eigenvalue weighted by molar-refractivity contribution is 5.58. The van der Waals surface area contributed by atoms with Crippen LogP contribution in [0.4, 0.5) is 0 Å². The number of carbonyl (C=O) groups is 1. The predicted octanol–water partition coefficient (Wildman–Crippen LogP) is 1.31. The molecule has 0 bridgehead atoms. The summed E-state index contributed by atoms with van der Waals surface area (Å²) in [6, 6.07) is 0. The molecule has 0 saturated heterocycles. The van der Waals surface area contributed by atoms with Crippen LogP contribution < -0.4 is 0 Å². The summed E-state index contributed by atoms with van der Waals surface area (Å²) in [5.74, 6) is 0.356. The van der Waals surface area contributed by atoms with E-state index in [4.69, 9.17) is 10.0 Å². The van der Waals surface area contributed by atoms with Crippen LogP contribution in [0.3, 0.4) is 0 Å². The Bertz CT molecular complexity index is 79.1. The Morgan fingerprint density at radius 1 is 1.56 bits per heavy atom. The van der Waals surface area contributed by atoms with Gasteiger partial charge in [-0.25, -0.2) is 0 Å². The fourth-order valence-corrected chi connectivity index (χ4v) is 0.133. The number of hydrogen-bond acceptors (Lipinski definition) is 3. The Hall–Kier alpha value is -0.860. The summed E-state index contributed by atoms with van der Waals surface area (Å²) in [7, 11) is 0. The van der Waals surface area contributed by atoms with Crippen LogP contribution in [0.2, 0.25) is 0 Å². The predicted molar refractivity (Wildman–Crippen MR) is 36.9 cm³/mol. The first-order valence-electron chi connectivity index (χ1n) is 2.76. The minimum Gasteiger partial charge on any atom is -0.411 e. The number of rotatable bonds is 1. The molecule has 0 aliphatic rings. The van der Waals surface area contributed by atoms with E-state index >= 15 is 0 Å². The van der Waals surface area contributed by atoms with Gasteiger partial charge in [-0.2, -0.15) is 0 Å². The van der Waals surface area contributed by atoms with Crippen molar-refractivity contribution in [1.82, 2.24) is 0 Å². The summed E-state index contributed by atoms with van der Waals surface area (Å²) >= 11 is 0. The first-order valence-corrected chi connectivity index (χ1v) is 2.76. The van der Waals surface area contributed by atoms with Crippen LogP contribution in [-0.2, 0) is 4.79 Å². The maximum Gasteiger partial charge on any atom is 0.116 e. The first-order chi connectivity index (χ1) is 4.18. The summed E-state index contributed by atoms with van der Waals surface area (Å²) in [4.78, 5) is 8.81. The third-order valence-electron chi connectivity index (χ3n) is 0.365. The average Bonchev–Trinajstić information content (AvgIpc) is 1.67. The van der Waals surface area contributed by atoms with Gasteiger partial charge in [-0.3, -0.25) is 0 Å². The molecule has 0 atom stereocenters. The highest BCUT2D eigenvalue weighted by Gasteiger charge is 1.79. The van der Waals surface area contributed by atoms with Crippen LogP contribution in [0.15, 0.2) is 5.16 Å². The molecule has 0 radical (unpaired) electrons. The van der Waals surface area contributed by atoms with Gasteiger partial charge in [0.15, 0.2) is 0 Å². The number of hydrogen-bond donors (Lipinski definition) is 1. The standard InChI is InChI=1S/C4H9NO.C2H4O/c1-4(2)3-5-6;1-2-3/h3-4,6H,1-2H3;2H,1H3. The lowest BCUT2D eigenvalue weighted by Gasteiger charge is -1.84. The van der Waals surface area contributed by atoms with Crippen LogP contribution in [0.1, 0.15) is 20.8 Å². The molecular weight excluding hydrogens is 118 g/mol. The molecule has 0 spiro atoms. The monoisotopic (exact) mass is 131 g/mol. The topological polar surface area (TPSA) is 49.7 Å². The molecule has 0 amide bonds. The Morgan fingerprint density at radius 3 is 1.89 bits per heavy atom. The van der Waals surface area contributed by atoms with E-state index in [0.29, 0.717) is 5.92 Å². The van der Waals surface area contributed by atoms with E-state index in [1.165, 1.54) is 13.1 Å². The number of aldehydes is 1. The van der Waals surface area contributed by atoms with Gasteiger partial charge in [0.25, 0.3) is 0 Å². The fraction of sp³-hybridized carbons (Fsp3) is 0.667. The molecule has 0 unspecified atom stereocenters. The van der Waals surface area contributed by atoms with Crippen molar-refractivity contribution in [2.24, 2.45) is 11.1 Å². The lowest BCUT2D eigenvalue weighted by Crippen LogP contribution is -1.84. The number of carbonyl (C=O) groups excluding carboxylic acids is 1. The summed E-state index contributed by atoms with van der Waals surface area (Å²) < 4.78 is 0. The van der Waals surface area contributed by atoms with Crippen molar-refractivity contribution >= 4 is 12.5 Å². The SMILES string of the molecule is CC(C)C=NO.CC=O. The second kappa shape index (κ2) is 10.2. The van der Waals surface area contributed by atoms with Crippen LogP contribution in [0.5, 0.6) is 0 Å². The highest BCUT2D eigenvalue weighted by atomic mass is 16.4. The van der Waals surface area contributed by atoms with E-state index < -0.39 is 0 Å². The minimum absolute atomic E-state index is 0.356. The molecule has 9 heavy (non-hydrogen) atoms. The number of nitrogens with zero attached hydrogens (tertiary/aromatic N) is 1. The van der Waals surface area contributed by atoms with Crippen molar-refractivity contribution in [3.05, 3.63) is 0 Å². The first kappa shape index (κ1) is 11.0. The zero-order chi connectivity index (χ0) is 7.70. The van der Waals surface area contributed by atoms with Crippen LogP contribution in [0.25, 0.3) is 0 Å². The quantitative estimate of drug-likeness (QED) is 0.252. The number of oxime groups is 1. The van der Waals surface area contributed by atoms with E-state index in [1.807, 2.05) is 13.8 Å². The lowest BCUT2D eigenvalue weighted by atomic mass is 10.3. The largest absolute Gasteiger partial charge is 0.411 e. The maximum absolute atomic E-state index is 8.81. The van der Waals surface area contributed by atoms with Gasteiger partial charge in [0.1, 0.15) is 6.29 Å². The normalized spacial score (nSPS) is 8.89. The van der Waals surface area contributed by atoms with Gasteiger partial charge in [0, 0.05) is 6.21 Å². The molecule has 3 nitrogen and oxygen atoms in total. The molecule has 3 heteroatoms. The van der Waals surface area contributed by atoms with Gasteiger partial charge in [-0.15, -0.1) is 5.16 Å². The van der Waals surface area contributed by atoms with Crippen molar-refractivity contribution in [2.45, 2.75) is 20.8 Å². The Balaban J connectivity index is 0. The minimum atomic E-state index is 0.356. The molecule has 54 valence electrons. The Kier molecular flexibility index (Phi) is 12.5. The third kappa shape index (κ3) is 41.2. The average molecular weight is 131 g/mol. The van der Waals surface area contributed by atoms with Crippen LogP contribution in [-0.4, -0.2) is 17.7 Å². The van der Waals surface area contributed by atoms with Crippen molar-refractivity contribution < 1.29 is 10.0 Å². The van der Waals surface area contributed by atoms with E-state index in [0.717, 1.165) is 6.29 Å². The Morgan fingerprint density at radius 2 is 1.89 bits per heavy atom. The smallest absolute Gasteiger partial charge is 0.116 e. The van der Waals surface area contributed by atoms with Crippen molar-refractivity contribution in [2.75, 3.05) is 0 Å². The lowest BCUT2D eigenvalue weighted by molar-refractivity contribution is -0.106. The highest BCUT2D eigenvalue weighted by Crippen LogP contribution is 1.81. The summed E-state index contributed by atoms with van der Waals surface area (Å²) in [6.45, 7) is 5.33. The molecule has 0 aromatic rings.